The van der Waals surface area contributed by atoms with Crippen LogP contribution in [-0.2, 0) is 6.18 Å². The van der Waals surface area contributed by atoms with E-state index >= 15 is 0 Å². The topological polar surface area (TPSA) is 40.5 Å². The number of rotatable bonds is 3. The van der Waals surface area contributed by atoms with E-state index in [9.17, 15) is 27.8 Å². The number of benzene rings is 1. The van der Waals surface area contributed by atoms with Crippen molar-refractivity contribution in [3.8, 4) is 0 Å². The summed E-state index contributed by atoms with van der Waals surface area (Å²) in [5, 5.41) is 18.6. The van der Waals surface area contributed by atoms with E-state index in [1.54, 1.807) is 0 Å². The van der Waals surface area contributed by atoms with Crippen molar-refractivity contribution in [2.24, 2.45) is 0 Å². The van der Waals surface area contributed by atoms with Crippen molar-refractivity contribution in [1.82, 2.24) is 0 Å². The zero-order chi connectivity index (χ0) is 13.2. The molecule has 0 spiro atoms. The first-order valence-electron chi connectivity index (χ1n) is 4.56. The number of alkyl halides is 4. The SMILES string of the molecule is OC(CBr)C(O)c1cc(C(F)(F)F)ccc1F. The maximum absolute atomic E-state index is 13.3. The molecule has 2 N–H and O–H groups in total. The second-order valence-corrected chi connectivity index (χ2v) is 4.05. The number of hydrogen-bond acceptors (Lipinski definition) is 2. The molecule has 0 heterocycles. The predicted octanol–water partition coefficient (Wildman–Crippen LogP) is 2.63. The lowest BCUT2D eigenvalue weighted by molar-refractivity contribution is -0.137. The van der Waals surface area contributed by atoms with Crippen molar-refractivity contribution in [2.75, 3.05) is 5.33 Å². The maximum Gasteiger partial charge on any atom is 0.416 e. The zero-order valence-electron chi connectivity index (χ0n) is 8.38. The van der Waals surface area contributed by atoms with Gasteiger partial charge in [0.15, 0.2) is 0 Å². The molecule has 1 aromatic rings. The highest BCUT2D eigenvalue weighted by Crippen LogP contribution is 2.32. The van der Waals surface area contributed by atoms with Crippen LogP contribution in [0.3, 0.4) is 0 Å². The fourth-order valence-electron chi connectivity index (χ4n) is 1.24. The Morgan fingerprint density at radius 2 is 1.82 bits per heavy atom. The summed E-state index contributed by atoms with van der Waals surface area (Å²) in [7, 11) is 0. The third-order valence-corrected chi connectivity index (χ3v) is 2.83. The summed E-state index contributed by atoms with van der Waals surface area (Å²) in [4.78, 5) is 0. The van der Waals surface area contributed by atoms with E-state index in [0.717, 1.165) is 0 Å². The standard InChI is InChI=1S/C10H9BrF4O2/c11-4-8(16)9(17)6-3-5(10(13,14)15)1-2-7(6)12/h1-3,8-9,16-17H,4H2. The van der Waals surface area contributed by atoms with Crippen molar-refractivity contribution in [3.63, 3.8) is 0 Å². The highest BCUT2D eigenvalue weighted by atomic mass is 79.9. The average molecular weight is 317 g/mol. The number of hydrogen-bond donors (Lipinski definition) is 2. The Hall–Kier alpha value is -0.660. The minimum Gasteiger partial charge on any atom is -0.389 e. The minimum atomic E-state index is -4.62. The molecule has 96 valence electrons. The molecule has 0 radical (unpaired) electrons. The summed E-state index contributed by atoms with van der Waals surface area (Å²) < 4.78 is 50.4. The van der Waals surface area contributed by atoms with Crippen LogP contribution in [0.4, 0.5) is 17.6 Å². The molecule has 1 rings (SSSR count). The van der Waals surface area contributed by atoms with E-state index in [2.05, 4.69) is 15.9 Å². The first-order valence-corrected chi connectivity index (χ1v) is 5.68. The first-order chi connectivity index (χ1) is 7.77. The summed E-state index contributed by atoms with van der Waals surface area (Å²) in [6.07, 6.45) is -7.72. The van der Waals surface area contributed by atoms with E-state index in [-0.39, 0.29) is 5.33 Å². The van der Waals surface area contributed by atoms with Crippen LogP contribution in [-0.4, -0.2) is 21.6 Å². The van der Waals surface area contributed by atoms with Gasteiger partial charge in [-0.25, -0.2) is 4.39 Å². The minimum absolute atomic E-state index is 0.0795. The zero-order valence-corrected chi connectivity index (χ0v) is 9.96. The van der Waals surface area contributed by atoms with Crippen molar-refractivity contribution in [1.29, 1.82) is 0 Å². The van der Waals surface area contributed by atoms with Gasteiger partial charge in [0.25, 0.3) is 0 Å². The van der Waals surface area contributed by atoms with Crippen LogP contribution in [0.25, 0.3) is 0 Å². The van der Waals surface area contributed by atoms with Gasteiger partial charge in [-0.05, 0) is 18.2 Å². The molecule has 2 atom stereocenters. The van der Waals surface area contributed by atoms with E-state index in [1.807, 2.05) is 0 Å². The molecule has 2 unspecified atom stereocenters. The normalized spacial score (nSPS) is 15.7. The Morgan fingerprint density at radius 1 is 1.24 bits per heavy atom. The van der Waals surface area contributed by atoms with Crippen LogP contribution in [0, 0.1) is 5.82 Å². The smallest absolute Gasteiger partial charge is 0.389 e. The van der Waals surface area contributed by atoms with Crippen LogP contribution in [0.2, 0.25) is 0 Å². The van der Waals surface area contributed by atoms with E-state index < -0.39 is 35.3 Å². The largest absolute Gasteiger partial charge is 0.416 e. The molecule has 0 bridgehead atoms. The Kier molecular flexibility index (Phi) is 4.51. The van der Waals surface area contributed by atoms with Crippen molar-refractivity contribution >= 4 is 15.9 Å². The van der Waals surface area contributed by atoms with Crippen LogP contribution in [0.15, 0.2) is 18.2 Å². The fraction of sp³-hybridized carbons (Fsp3) is 0.400. The van der Waals surface area contributed by atoms with Gasteiger partial charge in [-0.2, -0.15) is 13.2 Å². The summed E-state index contributed by atoms with van der Waals surface area (Å²) in [6, 6.07) is 1.68. The van der Waals surface area contributed by atoms with Crippen molar-refractivity contribution in [2.45, 2.75) is 18.4 Å². The summed E-state index contributed by atoms with van der Waals surface area (Å²) in [5.41, 5.74) is -1.65. The molecule has 2 nitrogen and oxygen atoms in total. The number of halogens is 5. The third-order valence-electron chi connectivity index (χ3n) is 2.16. The summed E-state index contributed by atoms with van der Waals surface area (Å²) in [5.74, 6) is -0.995. The highest BCUT2D eigenvalue weighted by molar-refractivity contribution is 9.09. The molecular formula is C10H9BrF4O2. The van der Waals surface area contributed by atoms with Crippen LogP contribution in [0.5, 0.6) is 0 Å². The Balaban J connectivity index is 3.15. The van der Waals surface area contributed by atoms with Gasteiger partial charge in [-0.1, -0.05) is 15.9 Å². The molecule has 0 aromatic heterocycles. The lowest BCUT2D eigenvalue weighted by Gasteiger charge is -2.18. The van der Waals surface area contributed by atoms with Crippen LogP contribution in [0.1, 0.15) is 17.2 Å². The van der Waals surface area contributed by atoms with Gasteiger partial charge in [-0.15, -0.1) is 0 Å². The van der Waals surface area contributed by atoms with Crippen LogP contribution >= 0.6 is 15.9 Å². The highest BCUT2D eigenvalue weighted by Gasteiger charge is 2.32. The summed E-state index contributed by atoms with van der Waals surface area (Å²) in [6.45, 7) is 0. The molecule has 17 heavy (non-hydrogen) atoms. The Morgan fingerprint density at radius 3 is 2.29 bits per heavy atom. The van der Waals surface area contributed by atoms with E-state index in [1.165, 1.54) is 0 Å². The molecule has 1 aromatic carbocycles. The Bertz CT molecular complexity index is 394. The lowest BCUT2D eigenvalue weighted by Crippen LogP contribution is -2.21. The van der Waals surface area contributed by atoms with Gasteiger partial charge >= 0.3 is 6.18 Å². The van der Waals surface area contributed by atoms with Gasteiger partial charge in [-0.3, -0.25) is 0 Å². The molecular weight excluding hydrogens is 308 g/mol. The van der Waals surface area contributed by atoms with Gasteiger partial charge in [0.05, 0.1) is 11.7 Å². The van der Waals surface area contributed by atoms with Crippen LogP contribution < -0.4 is 0 Å². The third kappa shape index (κ3) is 3.40. The molecule has 0 aliphatic heterocycles. The van der Waals surface area contributed by atoms with Gasteiger partial charge in [0, 0.05) is 10.9 Å². The number of aliphatic hydroxyl groups is 2. The van der Waals surface area contributed by atoms with E-state index in [0.29, 0.717) is 18.2 Å². The summed E-state index contributed by atoms with van der Waals surface area (Å²) >= 11 is 2.84. The van der Waals surface area contributed by atoms with E-state index in [4.69, 9.17) is 0 Å². The Labute approximate surface area is 103 Å². The molecule has 0 amide bonds. The molecule has 0 aliphatic carbocycles. The van der Waals surface area contributed by atoms with Gasteiger partial charge in [0.1, 0.15) is 11.9 Å². The molecule has 7 heteroatoms. The average Bonchev–Trinajstić information content (AvgIpc) is 2.26. The quantitative estimate of drug-likeness (QED) is 0.665. The molecule has 0 aliphatic rings. The monoisotopic (exact) mass is 316 g/mol. The second kappa shape index (κ2) is 5.32. The molecule has 0 saturated heterocycles. The first kappa shape index (κ1) is 14.4. The molecule has 0 fully saturated rings. The predicted molar refractivity (Wildman–Crippen MR) is 56.2 cm³/mol. The van der Waals surface area contributed by atoms with Crippen molar-refractivity contribution in [3.05, 3.63) is 35.1 Å². The van der Waals surface area contributed by atoms with Gasteiger partial charge < -0.3 is 10.2 Å². The lowest BCUT2D eigenvalue weighted by atomic mass is 10.0. The second-order valence-electron chi connectivity index (χ2n) is 3.40. The maximum atomic E-state index is 13.3. The molecule has 0 saturated carbocycles. The van der Waals surface area contributed by atoms with Crippen molar-refractivity contribution < 1.29 is 27.8 Å². The van der Waals surface area contributed by atoms with Gasteiger partial charge in [0.2, 0.25) is 0 Å². The fourth-order valence-corrected chi connectivity index (χ4v) is 1.59. The number of aliphatic hydroxyl groups excluding tert-OH is 2.